The molecule has 0 saturated heterocycles. The van der Waals surface area contributed by atoms with E-state index in [1.54, 1.807) is 0 Å². The molecule has 3 rings (SSSR count). The van der Waals surface area contributed by atoms with Gasteiger partial charge < -0.3 is 0 Å². The minimum Gasteiger partial charge on any atom is -0.298 e. The van der Waals surface area contributed by atoms with Crippen LogP contribution in [0.15, 0.2) is 54.6 Å². The highest BCUT2D eigenvalue weighted by Gasteiger charge is 2.31. The Hall–Kier alpha value is -1.80. The van der Waals surface area contributed by atoms with Gasteiger partial charge >= 0.3 is 0 Å². The van der Waals surface area contributed by atoms with E-state index >= 15 is 0 Å². The molecule has 1 aliphatic rings. The van der Waals surface area contributed by atoms with Crippen molar-refractivity contribution in [3.8, 4) is 0 Å². The number of rotatable bonds is 1. The third kappa shape index (κ3) is 1.79. The molecule has 0 radical (unpaired) electrons. The summed E-state index contributed by atoms with van der Waals surface area (Å²) < 4.78 is 0. The molecule has 3 heteroatoms. The maximum atomic E-state index is 8.26. The SMILES string of the molecule is CC1C(=N)N(c2ccccc2)c2ccccc21.Cl. The van der Waals surface area contributed by atoms with E-state index in [-0.39, 0.29) is 18.3 Å². The lowest BCUT2D eigenvalue weighted by Crippen LogP contribution is -2.21. The van der Waals surface area contributed by atoms with Crippen LogP contribution >= 0.6 is 12.4 Å². The van der Waals surface area contributed by atoms with Crippen LogP contribution in [0.5, 0.6) is 0 Å². The predicted molar refractivity (Wildman–Crippen MR) is 78.4 cm³/mol. The molecule has 0 bridgehead atoms. The lowest BCUT2D eigenvalue weighted by Gasteiger charge is -2.19. The number of anilines is 2. The number of fused-ring (bicyclic) bond motifs is 1. The highest BCUT2D eigenvalue weighted by Crippen LogP contribution is 2.41. The molecule has 1 atom stereocenters. The first kappa shape index (κ1) is 12.7. The van der Waals surface area contributed by atoms with E-state index in [4.69, 9.17) is 5.41 Å². The molecule has 1 aliphatic heterocycles. The van der Waals surface area contributed by atoms with Gasteiger partial charge in [0.05, 0.1) is 5.69 Å². The number of nitrogens with zero attached hydrogens (tertiary/aromatic N) is 1. The van der Waals surface area contributed by atoms with Crippen molar-refractivity contribution in [2.45, 2.75) is 12.8 Å². The third-order valence-corrected chi connectivity index (χ3v) is 3.31. The van der Waals surface area contributed by atoms with E-state index in [9.17, 15) is 0 Å². The summed E-state index contributed by atoms with van der Waals surface area (Å²) in [7, 11) is 0. The topological polar surface area (TPSA) is 27.1 Å². The number of amidine groups is 1. The van der Waals surface area contributed by atoms with Crippen LogP contribution in [0, 0.1) is 5.41 Å². The van der Waals surface area contributed by atoms with Crippen molar-refractivity contribution in [3.63, 3.8) is 0 Å². The van der Waals surface area contributed by atoms with Crippen LogP contribution in [0.1, 0.15) is 18.4 Å². The first-order valence-corrected chi connectivity index (χ1v) is 5.81. The second-order valence-corrected chi connectivity index (χ2v) is 4.34. The zero-order chi connectivity index (χ0) is 11.8. The normalized spacial score (nSPS) is 17.3. The summed E-state index contributed by atoms with van der Waals surface area (Å²) in [5.41, 5.74) is 3.44. The Labute approximate surface area is 113 Å². The van der Waals surface area contributed by atoms with Crippen LogP contribution in [0.2, 0.25) is 0 Å². The van der Waals surface area contributed by atoms with Crippen LogP contribution < -0.4 is 4.90 Å². The molecule has 1 heterocycles. The van der Waals surface area contributed by atoms with Crippen molar-refractivity contribution in [1.29, 1.82) is 5.41 Å². The second-order valence-electron chi connectivity index (χ2n) is 4.34. The molecule has 1 unspecified atom stereocenters. The number of para-hydroxylation sites is 2. The Bertz CT molecular complexity index is 566. The number of hydrogen-bond acceptors (Lipinski definition) is 1. The molecule has 0 spiro atoms. The fraction of sp³-hybridized carbons (Fsp3) is 0.133. The Morgan fingerprint density at radius 1 is 0.944 bits per heavy atom. The van der Waals surface area contributed by atoms with Crippen molar-refractivity contribution in [2.24, 2.45) is 0 Å². The maximum Gasteiger partial charge on any atom is 0.112 e. The molecule has 92 valence electrons. The monoisotopic (exact) mass is 258 g/mol. The molecule has 0 saturated carbocycles. The Morgan fingerprint density at radius 2 is 1.56 bits per heavy atom. The minimum absolute atomic E-state index is 0. The highest BCUT2D eigenvalue weighted by molar-refractivity contribution is 6.11. The fourth-order valence-corrected chi connectivity index (χ4v) is 2.38. The summed E-state index contributed by atoms with van der Waals surface area (Å²) in [6.07, 6.45) is 0. The Morgan fingerprint density at radius 3 is 2.28 bits per heavy atom. The van der Waals surface area contributed by atoms with Crippen LogP contribution in [-0.4, -0.2) is 5.84 Å². The van der Waals surface area contributed by atoms with Crippen molar-refractivity contribution >= 4 is 29.6 Å². The molecule has 0 aromatic heterocycles. The van der Waals surface area contributed by atoms with E-state index < -0.39 is 0 Å². The van der Waals surface area contributed by atoms with Gasteiger partial charge in [0, 0.05) is 11.6 Å². The van der Waals surface area contributed by atoms with E-state index in [1.165, 1.54) is 5.56 Å². The van der Waals surface area contributed by atoms with Gasteiger partial charge in [-0.1, -0.05) is 43.3 Å². The van der Waals surface area contributed by atoms with Crippen LogP contribution in [0.3, 0.4) is 0 Å². The molecule has 2 aromatic carbocycles. The Kier molecular flexibility index (Phi) is 3.39. The van der Waals surface area contributed by atoms with Crippen LogP contribution in [0.4, 0.5) is 11.4 Å². The van der Waals surface area contributed by atoms with Crippen molar-refractivity contribution in [2.75, 3.05) is 4.90 Å². The molecular weight excluding hydrogens is 244 g/mol. The number of halogens is 1. The number of hydrogen-bond donors (Lipinski definition) is 1. The molecule has 0 amide bonds. The average Bonchev–Trinajstić information content (AvgIpc) is 2.64. The highest BCUT2D eigenvalue weighted by atomic mass is 35.5. The smallest absolute Gasteiger partial charge is 0.112 e. The molecule has 2 nitrogen and oxygen atoms in total. The van der Waals surface area contributed by atoms with Crippen molar-refractivity contribution in [1.82, 2.24) is 0 Å². The van der Waals surface area contributed by atoms with E-state index in [2.05, 4.69) is 19.1 Å². The predicted octanol–water partition coefficient (Wildman–Crippen LogP) is 4.34. The van der Waals surface area contributed by atoms with Gasteiger partial charge in [0.15, 0.2) is 0 Å². The van der Waals surface area contributed by atoms with Gasteiger partial charge in [0.25, 0.3) is 0 Å². The van der Waals surface area contributed by atoms with E-state index in [0.29, 0.717) is 5.84 Å². The molecule has 18 heavy (non-hydrogen) atoms. The third-order valence-electron chi connectivity index (χ3n) is 3.31. The first-order valence-electron chi connectivity index (χ1n) is 5.81. The summed E-state index contributed by atoms with van der Waals surface area (Å²) in [5.74, 6) is 0.823. The van der Waals surface area contributed by atoms with Gasteiger partial charge in [0.1, 0.15) is 5.84 Å². The fourth-order valence-electron chi connectivity index (χ4n) is 2.38. The first-order chi connectivity index (χ1) is 8.29. The second kappa shape index (κ2) is 4.83. The minimum atomic E-state index is 0. The van der Waals surface area contributed by atoms with Crippen molar-refractivity contribution < 1.29 is 0 Å². The molecular formula is C15H15ClN2. The zero-order valence-electron chi connectivity index (χ0n) is 10.1. The summed E-state index contributed by atoms with van der Waals surface area (Å²) in [4.78, 5) is 2.03. The van der Waals surface area contributed by atoms with Crippen molar-refractivity contribution in [3.05, 3.63) is 60.2 Å². The zero-order valence-corrected chi connectivity index (χ0v) is 10.9. The van der Waals surface area contributed by atoms with Gasteiger partial charge in [-0.2, -0.15) is 0 Å². The molecule has 0 fully saturated rings. The van der Waals surface area contributed by atoms with Crippen LogP contribution in [0.25, 0.3) is 0 Å². The largest absolute Gasteiger partial charge is 0.298 e. The average molecular weight is 259 g/mol. The summed E-state index contributed by atoms with van der Waals surface area (Å²) in [6.45, 7) is 2.09. The van der Waals surface area contributed by atoms with Gasteiger partial charge in [-0.3, -0.25) is 10.3 Å². The van der Waals surface area contributed by atoms with E-state index in [1.807, 2.05) is 47.4 Å². The standard InChI is InChI=1S/C15H14N2.ClH/c1-11-13-9-5-6-10-14(13)17(15(11)16)12-7-3-2-4-8-12;/h2-11,16H,1H3;1H. The maximum absolute atomic E-state index is 8.26. The quantitative estimate of drug-likeness (QED) is 0.809. The van der Waals surface area contributed by atoms with Gasteiger partial charge in [0.2, 0.25) is 0 Å². The van der Waals surface area contributed by atoms with Gasteiger partial charge in [-0.25, -0.2) is 0 Å². The molecule has 0 aliphatic carbocycles. The van der Waals surface area contributed by atoms with E-state index in [0.717, 1.165) is 11.4 Å². The summed E-state index contributed by atoms with van der Waals surface area (Å²) in [5, 5.41) is 8.26. The molecule has 2 aromatic rings. The number of benzene rings is 2. The lowest BCUT2D eigenvalue weighted by molar-refractivity contribution is 1.03. The Balaban J connectivity index is 0.00000120. The van der Waals surface area contributed by atoms with Gasteiger partial charge in [-0.05, 0) is 23.8 Å². The van der Waals surface area contributed by atoms with Gasteiger partial charge in [-0.15, -0.1) is 12.4 Å². The van der Waals surface area contributed by atoms with Crippen LogP contribution in [-0.2, 0) is 0 Å². The number of nitrogens with one attached hydrogen (secondary N) is 1. The molecule has 1 N–H and O–H groups in total. The lowest BCUT2D eigenvalue weighted by atomic mass is 10.0. The summed E-state index contributed by atoms with van der Waals surface area (Å²) in [6, 6.07) is 18.4. The summed E-state index contributed by atoms with van der Waals surface area (Å²) >= 11 is 0.